The number of urea groups is 1. The highest BCUT2D eigenvalue weighted by Crippen LogP contribution is 2.20. The molecule has 51 heavy (non-hydrogen) atoms. The number of thiazole rings is 1. The Labute approximate surface area is 302 Å². The summed E-state index contributed by atoms with van der Waals surface area (Å²) in [5, 5.41) is 38.3. The Kier molecular flexibility index (Phi) is 14.5. The summed E-state index contributed by atoms with van der Waals surface area (Å²) in [6.45, 7) is 7.81. The van der Waals surface area contributed by atoms with Crippen molar-refractivity contribution in [2.24, 2.45) is 5.92 Å². The van der Waals surface area contributed by atoms with Crippen LogP contribution in [0.5, 0.6) is 0 Å². The van der Waals surface area contributed by atoms with E-state index in [1.165, 1.54) is 11.1 Å². The van der Waals surface area contributed by atoms with Crippen LogP contribution in [-0.2, 0) is 35.5 Å². The van der Waals surface area contributed by atoms with Gasteiger partial charge in [0, 0.05) is 24.4 Å². The first-order chi connectivity index (χ1) is 24.4. The molecule has 4 amide bonds. The van der Waals surface area contributed by atoms with Gasteiger partial charge < -0.3 is 40.3 Å². The van der Waals surface area contributed by atoms with Crippen LogP contribution in [0.1, 0.15) is 61.2 Å². The molecule has 4 aromatic rings. The maximum Gasteiger partial charge on any atom is 0.407 e. The first-order valence-electron chi connectivity index (χ1n) is 16.9. The molecule has 2 aromatic heterocycles. The number of aliphatic hydroxyl groups excluding tert-OH is 2. The molecule has 0 unspecified atom stereocenters. The van der Waals surface area contributed by atoms with Crippen molar-refractivity contribution >= 4 is 29.4 Å². The summed E-state index contributed by atoms with van der Waals surface area (Å²) in [6.07, 6.45) is -2.22. The van der Waals surface area contributed by atoms with Gasteiger partial charge in [0.05, 0.1) is 35.5 Å². The van der Waals surface area contributed by atoms with Gasteiger partial charge in [-0.3, -0.25) is 4.79 Å². The Bertz CT molecular complexity index is 1650. The number of hydrogen-bond donors (Lipinski definition) is 5. The Morgan fingerprint density at radius 1 is 0.863 bits per heavy atom. The van der Waals surface area contributed by atoms with Crippen LogP contribution in [0.4, 0.5) is 9.59 Å². The highest BCUT2D eigenvalue weighted by atomic mass is 32.1. The number of carbonyl (C=O) groups is 3. The molecule has 2 heterocycles. The SMILES string of the molecule is CC(C)c1nc(CN(C)C(=O)N[C@H](C(=O)N[C@@H](Cc2ccccc2)[C@H](O)[C@H](O)[C@H](Cc2ccccc2)NC(=O)OCc2ccno2)C(C)C)cs1. The number of carbonyl (C=O) groups excluding carboxylic acids is 3. The molecule has 0 aliphatic rings. The van der Waals surface area contributed by atoms with Crippen molar-refractivity contribution in [3.05, 3.63) is 106 Å². The fraction of sp³-hybridized carbons (Fsp3) is 0.432. The van der Waals surface area contributed by atoms with E-state index in [-0.39, 0.29) is 37.8 Å². The summed E-state index contributed by atoms with van der Waals surface area (Å²) in [4.78, 5) is 46.1. The van der Waals surface area contributed by atoms with Crippen LogP contribution >= 0.6 is 11.3 Å². The van der Waals surface area contributed by atoms with Gasteiger partial charge in [-0.1, -0.05) is 93.5 Å². The van der Waals surface area contributed by atoms with Gasteiger partial charge in [0.25, 0.3) is 0 Å². The number of benzene rings is 2. The third-order valence-corrected chi connectivity index (χ3v) is 9.47. The lowest BCUT2D eigenvalue weighted by Gasteiger charge is -2.34. The van der Waals surface area contributed by atoms with E-state index in [2.05, 4.69) is 39.9 Å². The van der Waals surface area contributed by atoms with Crippen LogP contribution in [0, 0.1) is 5.92 Å². The van der Waals surface area contributed by atoms with Crippen LogP contribution in [0.3, 0.4) is 0 Å². The lowest BCUT2D eigenvalue weighted by Crippen LogP contribution is -2.60. The molecule has 5 atom stereocenters. The van der Waals surface area contributed by atoms with Gasteiger partial charge in [0.1, 0.15) is 18.2 Å². The zero-order chi connectivity index (χ0) is 36.9. The summed E-state index contributed by atoms with van der Waals surface area (Å²) in [7, 11) is 1.63. The highest BCUT2D eigenvalue weighted by Gasteiger charge is 2.36. The summed E-state index contributed by atoms with van der Waals surface area (Å²) in [5.41, 5.74) is 2.34. The monoisotopic (exact) mass is 720 g/mol. The van der Waals surface area contributed by atoms with Gasteiger partial charge in [-0.25, -0.2) is 14.6 Å². The third kappa shape index (κ3) is 11.9. The molecule has 0 radical (unpaired) electrons. The molecular formula is C37H48N6O7S. The molecule has 0 saturated heterocycles. The van der Waals surface area contributed by atoms with Crippen LogP contribution in [0.2, 0.25) is 0 Å². The van der Waals surface area contributed by atoms with E-state index in [1.807, 2.05) is 79.9 Å². The topological polar surface area (TPSA) is 179 Å². The second kappa shape index (κ2) is 19.0. The van der Waals surface area contributed by atoms with Gasteiger partial charge in [-0.05, 0) is 29.9 Å². The summed E-state index contributed by atoms with van der Waals surface area (Å²) >= 11 is 1.54. The second-order valence-electron chi connectivity index (χ2n) is 13.1. The number of nitrogens with zero attached hydrogens (tertiary/aromatic N) is 3. The number of aliphatic hydroxyl groups is 2. The standard InChI is InChI=1S/C37H48N6O7S/c1-23(2)31(42-36(47)43(5)20-27-22-51-35(39-27)24(3)4)34(46)40-29(18-25-12-8-6-9-13-25)32(44)33(45)30(19-26-14-10-7-11-15-26)41-37(48)49-21-28-16-17-38-50-28/h6-17,22-24,29-33,44-45H,18-21H2,1-5H3,(H,40,46)(H,41,48)(H,42,47)/t29-,30-,31-,32-,33+/m0/s1. The third-order valence-electron chi connectivity index (χ3n) is 8.28. The Morgan fingerprint density at radius 2 is 1.45 bits per heavy atom. The molecule has 13 nitrogen and oxygen atoms in total. The van der Waals surface area contributed by atoms with E-state index in [1.54, 1.807) is 24.5 Å². The number of nitrogens with one attached hydrogen (secondary N) is 3. The van der Waals surface area contributed by atoms with Gasteiger partial charge in [0.15, 0.2) is 12.4 Å². The van der Waals surface area contributed by atoms with E-state index in [0.29, 0.717) is 5.76 Å². The fourth-order valence-electron chi connectivity index (χ4n) is 5.40. The lowest BCUT2D eigenvalue weighted by molar-refractivity contribution is -0.126. The van der Waals surface area contributed by atoms with E-state index in [0.717, 1.165) is 21.8 Å². The number of alkyl carbamates (subject to hydrolysis) is 1. The summed E-state index contributed by atoms with van der Waals surface area (Å²) < 4.78 is 10.3. The minimum absolute atomic E-state index is 0.150. The molecule has 14 heteroatoms. The van der Waals surface area contributed by atoms with Gasteiger partial charge in [0.2, 0.25) is 5.91 Å². The number of aromatic nitrogens is 2. The highest BCUT2D eigenvalue weighted by molar-refractivity contribution is 7.09. The van der Waals surface area contributed by atoms with Gasteiger partial charge in [-0.15, -0.1) is 11.3 Å². The molecule has 4 rings (SSSR count). The van der Waals surface area contributed by atoms with Crippen molar-refractivity contribution in [3.63, 3.8) is 0 Å². The minimum Gasteiger partial charge on any atom is -0.441 e. The first kappa shape index (κ1) is 39.0. The number of hydrogen-bond acceptors (Lipinski definition) is 10. The fourth-order valence-corrected chi connectivity index (χ4v) is 6.22. The average Bonchev–Trinajstić information content (AvgIpc) is 3.82. The zero-order valence-electron chi connectivity index (χ0n) is 29.6. The average molecular weight is 721 g/mol. The molecular weight excluding hydrogens is 673 g/mol. The molecule has 5 N–H and O–H groups in total. The van der Waals surface area contributed by atoms with Crippen molar-refractivity contribution in [2.75, 3.05) is 7.05 Å². The maximum absolute atomic E-state index is 13.9. The maximum atomic E-state index is 13.9. The van der Waals surface area contributed by atoms with Gasteiger partial charge >= 0.3 is 12.1 Å². The van der Waals surface area contributed by atoms with Crippen LogP contribution in [0.25, 0.3) is 0 Å². The quantitative estimate of drug-likeness (QED) is 0.106. The molecule has 0 fully saturated rings. The number of ether oxygens (including phenoxy) is 1. The van der Waals surface area contributed by atoms with Crippen LogP contribution in [-0.4, -0.2) is 80.7 Å². The predicted octanol–water partition coefficient (Wildman–Crippen LogP) is 4.41. The zero-order valence-corrected chi connectivity index (χ0v) is 30.4. The number of amides is 4. The van der Waals surface area contributed by atoms with Crippen molar-refractivity contribution in [1.29, 1.82) is 0 Å². The van der Waals surface area contributed by atoms with Crippen molar-refractivity contribution in [2.45, 2.75) is 89.9 Å². The largest absolute Gasteiger partial charge is 0.441 e. The molecule has 0 bridgehead atoms. The van der Waals surface area contributed by atoms with E-state index in [9.17, 15) is 24.6 Å². The Hall–Kier alpha value is -4.79. The van der Waals surface area contributed by atoms with Crippen molar-refractivity contribution < 1.29 is 33.9 Å². The first-order valence-corrected chi connectivity index (χ1v) is 17.8. The molecule has 0 aliphatic heterocycles. The molecule has 0 spiro atoms. The molecule has 2 aromatic carbocycles. The minimum atomic E-state index is -1.55. The lowest BCUT2D eigenvalue weighted by atomic mass is 9.90. The van der Waals surface area contributed by atoms with E-state index < -0.39 is 48.4 Å². The van der Waals surface area contributed by atoms with Crippen molar-refractivity contribution in [3.8, 4) is 0 Å². The van der Waals surface area contributed by atoms with Crippen LogP contribution in [0.15, 0.2) is 82.8 Å². The number of rotatable bonds is 17. The van der Waals surface area contributed by atoms with E-state index in [4.69, 9.17) is 9.26 Å². The van der Waals surface area contributed by atoms with E-state index >= 15 is 0 Å². The molecule has 0 aliphatic carbocycles. The van der Waals surface area contributed by atoms with Gasteiger partial charge in [-0.2, -0.15) is 0 Å². The predicted molar refractivity (Wildman–Crippen MR) is 193 cm³/mol. The summed E-state index contributed by atoms with van der Waals surface area (Å²) in [6, 6.07) is 16.5. The Morgan fingerprint density at radius 3 is 1.96 bits per heavy atom. The smallest absolute Gasteiger partial charge is 0.407 e. The molecule has 274 valence electrons. The van der Waals surface area contributed by atoms with Crippen LogP contribution < -0.4 is 16.0 Å². The summed E-state index contributed by atoms with van der Waals surface area (Å²) in [5.74, 6) is -0.246. The molecule has 0 saturated carbocycles. The normalized spacial score (nSPS) is 14.3. The Balaban J connectivity index is 1.50. The second-order valence-corrected chi connectivity index (χ2v) is 14.0. The van der Waals surface area contributed by atoms with Crippen molar-refractivity contribution in [1.82, 2.24) is 31.0 Å².